The zero-order valence-electron chi connectivity index (χ0n) is 31.0. The predicted octanol–water partition coefficient (Wildman–Crippen LogP) is 14.9. The van der Waals surface area contributed by atoms with E-state index in [0.29, 0.717) is 0 Å². The molecule has 0 saturated heterocycles. The van der Waals surface area contributed by atoms with Gasteiger partial charge in [-0.2, -0.15) is 0 Å². The van der Waals surface area contributed by atoms with Crippen molar-refractivity contribution in [1.29, 1.82) is 0 Å². The van der Waals surface area contributed by atoms with Crippen molar-refractivity contribution in [3.63, 3.8) is 0 Å². The molecule has 1 aliphatic heterocycles. The quantitative estimate of drug-likeness (QED) is 0.170. The molecule has 55 heavy (non-hydrogen) atoms. The van der Waals surface area contributed by atoms with Crippen LogP contribution >= 0.6 is 0 Å². The van der Waals surface area contributed by atoms with Gasteiger partial charge in [0.25, 0.3) is 0 Å². The second kappa shape index (κ2) is 13.2. The third-order valence-electron chi connectivity index (χ3n) is 11.4. The van der Waals surface area contributed by atoms with Crippen LogP contribution in [0.4, 0.5) is 34.1 Å². The molecule has 2 nitrogen and oxygen atoms in total. The van der Waals surface area contributed by atoms with E-state index in [2.05, 4.69) is 230 Å². The highest BCUT2D eigenvalue weighted by Gasteiger charge is 2.38. The van der Waals surface area contributed by atoms with Gasteiger partial charge in [-0.15, -0.1) is 0 Å². The van der Waals surface area contributed by atoms with Crippen molar-refractivity contribution in [3.05, 3.63) is 217 Å². The highest BCUT2D eigenvalue weighted by molar-refractivity contribution is 6.11. The zero-order valence-corrected chi connectivity index (χ0v) is 31.0. The van der Waals surface area contributed by atoms with Gasteiger partial charge >= 0.3 is 0 Å². The lowest BCUT2D eigenvalue weighted by Gasteiger charge is -2.43. The zero-order chi connectivity index (χ0) is 36.9. The number of anilines is 6. The van der Waals surface area contributed by atoms with E-state index < -0.39 is 0 Å². The van der Waals surface area contributed by atoms with Crippen molar-refractivity contribution < 1.29 is 0 Å². The van der Waals surface area contributed by atoms with Crippen LogP contribution in [0.3, 0.4) is 0 Å². The molecule has 1 aliphatic rings. The first kappa shape index (κ1) is 32.7. The van der Waals surface area contributed by atoms with Gasteiger partial charge in [0.05, 0.1) is 17.1 Å². The third kappa shape index (κ3) is 5.49. The molecule has 0 aliphatic carbocycles. The molecule has 0 radical (unpaired) electrons. The number of hydrogen-bond donors (Lipinski definition) is 0. The van der Waals surface area contributed by atoms with Crippen LogP contribution in [0.2, 0.25) is 0 Å². The summed E-state index contributed by atoms with van der Waals surface area (Å²) < 4.78 is 0. The van der Waals surface area contributed by atoms with Crippen LogP contribution < -0.4 is 9.80 Å². The topological polar surface area (TPSA) is 6.48 Å². The summed E-state index contributed by atoms with van der Waals surface area (Å²) in [6.07, 6.45) is 0. The second-order valence-corrected chi connectivity index (χ2v) is 15.0. The molecule has 0 N–H and O–H groups in total. The molecule has 0 saturated carbocycles. The standard InChI is InChI=1S/C53H40N2/c1-53(2)48-29-13-14-30-50(48)55(52-45-27-12-10-18-38(45)31-33-47(52)46-28-16-19-37-17-9-11-26-44(37)46)51-36-40(32-34-49(51)53)39-20-15-25-43(35-39)54(41-21-5-3-6-22-41)42-23-7-4-8-24-42/h3-36H,1-2H3. The number of rotatable bonds is 6. The van der Waals surface area contributed by atoms with E-state index in [9.17, 15) is 0 Å². The minimum absolute atomic E-state index is 0.218. The molecule has 0 spiro atoms. The molecule has 10 rings (SSSR count). The molecule has 0 unspecified atom stereocenters. The van der Waals surface area contributed by atoms with Crippen molar-refractivity contribution in [2.75, 3.05) is 9.80 Å². The Kier molecular flexibility index (Phi) is 7.85. The van der Waals surface area contributed by atoms with Crippen molar-refractivity contribution in [2.45, 2.75) is 19.3 Å². The Labute approximate surface area is 323 Å². The van der Waals surface area contributed by atoms with Gasteiger partial charge in [0.2, 0.25) is 0 Å². The fraction of sp³-hybridized carbons (Fsp3) is 0.0566. The molecule has 1 heterocycles. The Bertz CT molecular complexity index is 2810. The summed E-state index contributed by atoms with van der Waals surface area (Å²) >= 11 is 0. The minimum Gasteiger partial charge on any atom is -0.310 e. The Morgan fingerprint density at radius 3 is 1.71 bits per heavy atom. The number of benzene rings is 9. The minimum atomic E-state index is -0.218. The molecule has 0 amide bonds. The van der Waals surface area contributed by atoms with Crippen LogP contribution in [0.15, 0.2) is 206 Å². The van der Waals surface area contributed by atoms with E-state index in [0.717, 1.165) is 17.1 Å². The molecule has 2 heteroatoms. The van der Waals surface area contributed by atoms with E-state index in [1.54, 1.807) is 0 Å². The molecular formula is C53H40N2. The molecule has 0 bridgehead atoms. The van der Waals surface area contributed by atoms with Crippen molar-refractivity contribution in [3.8, 4) is 22.3 Å². The molecule has 0 fully saturated rings. The Hall–Kier alpha value is -6.90. The van der Waals surface area contributed by atoms with Gasteiger partial charge in [0.15, 0.2) is 0 Å². The number of para-hydroxylation sites is 3. The highest BCUT2D eigenvalue weighted by Crippen LogP contribution is 2.56. The van der Waals surface area contributed by atoms with Crippen LogP contribution in [0, 0.1) is 0 Å². The van der Waals surface area contributed by atoms with Crippen LogP contribution in [-0.4, -0.2) is 0 Å². The summed E-state index contributed by atoms with van der Waals surface area (Å²) in [5.41, 5.74) is 14.2. The smallest absolute Gasteiger partial charge is 0.0618 e. The molecule has 9 aromatic rings. The van der Waals surface area contributed by atoms with Gasteiger partial charge in [-0.25, -0.2) is 0 Å². The molecule has 262 valence electrons. The predicted molar refractivity (Wildman–Crippen MR) is 234 cm³/mol. The second-order valence-electron chi connectivity index (χ2n) is 15.0. The maximum absolute atomic E-state index is 2.56. The molecule has 0 atom stereocenters. The monoisotopic (exact) mass is 704 g/mol. The fourth-order valence-electron chi connectivity index (χ4n) is 8.74. The van der Waals surface area contributed by atoms with E-state index in [1.165, 1.54) is 72.0 Å². The lowest BCUT2D eigenvalue weighted by molar-refractivity contribution is 0.632. The summed E-state index contributed by atoms with van der Waals surface area (Å²) in [4.78, 5) is 4.89. The first-order valence-electron chi connectivity index (χ1n) is 19.1. The van der Waals surface area contributed by atoms with E-state index >= 15 is 0 Å². The summed E-state index contributed by atoms with van der Waals surface area (Å²) in [5, 5.41) is 4.93. The fourth-order valence-corrected chi connectivity index (χ4v) is 8.74. The lowest BCUT2D eigenvalue weighted by atomic mass is 9.73. The number of fused-ring (bicyclic) bond motifs is 4. The number of hydrogen-bond acceptors (Lipinski definition) is 2. The normalized spacial score (nSPS) is 13.0. The maximum Gasteiger partial charge on any atom is 0.0618 e. The first-order chi connectivity index (χ1) is 27.1. The van der Waals surface area contributed by atoms with Gasteiger partial charge in [-0.3, -0.25) is 0 Å². The first-order valence-corrected chi connectivity index (χ1v) is 19.1. The van der Waals surface area contributed by atoms with Crippen LogP contribution in [0.1, 0.15) is 25.0 Å². The Balaban J connectivity index is 1.22. The molecule has 9 aromatic carbocycles. The van der Waals surface area contributed by atoms with Crippen LogP contribution in [0.25, 0.3) is 43.8 Å². The largest absolute Gasteiger partial charge is 0.310 e. The number of nitrogens with zero attached hydrogens (tertiary/aromatic N) is 2. The third-order valence-corrected chi connectivity index (χ3v) is 11.4. The van der Waals surface area contributed by atoms with E-state index in [1.807, 2.05) is 0 Å². The average molecular weight is 705 g/mol. The lowest BCUT2D eigenvalue weighted by Crippen LogP contribution is -2.31. The average Bonchev–Trinajstić information content (AvgIpc) is 3.24. The summed E-state index contributed by atoms with van der Waals surface area (Å²) in [5.74, 6) is 0. The van der Waals surface area contributed by atoms with E-state index in [-0.39, 0.29) is 5.41 Å². The SMILES string of the molecule is CC1(C)c2ccccc2N(c2c(-c3cccc4ccccc34)ccc3ccccc23)c2cc(-c3cccc(N(c4ccccc4)c4ccccc4)c3)ccc21. The van der Waals surface area contributed by atoms with E-state index in [4.69, 9.17) is 0 Å². The van der Waals surface area contributed by atoms with Gasteiger partial charge in [0, 0.05) is 33.4 Å². The van der Waals surface area contributed by atoms with Crippen molar-refractivity contribution in [1.82, 2.24) is 0 Å². The maximum atomic E-state index is 2.56. The van der Waals surface area contributed by atoms with Gasteiger partial charge in [-0.05, 0) is 92.5 Å². The highest BCUT2D eigenvalue weighted by atomic mass is 15.2. The van der Waals surface area contributed by atoms with Crippen LogP contribution in [0.5, 0.6) is 0 Å². The summed E-state index contributed by atoms with van der Waals surface area (Å²) in [6.45, 7) is 4.74. The van der Waals surface area contributed by atoms with Crippen molar-refractivity contribution >= 4 is 55.7 Å². The van der Waals surface area contributed by atoms with Crippen molar-refractivity contribution in [2.24, 2.45) is 0 Å². The van der Waals surface area contributed by atoms with Gasteiger partial charge in [-0.1, -0.05) is 172 Å². The van der Waals surface area contributed by atoms with Crippen LogP contribution in [-0.2, 0) is 5.41 Å². The Morgan fingerprint density at radius 1 is 0.382 bits per heavy atom. The summed E-state index contributed by atoms with van der Waals surface area (Å²) in [6, 6.07) is 75.2. The summed E-state index contributed by atoms with van der Waals surface area (Å²) in [7, 11) is 0. The van der Waals surface area contributed by atoms with Gasteiger partial charge < -0.3 is 9.80 Å². The Morgan fingerprint density at radius 2 is 0.945 bits per heavy atom. The molecule has 0 aromatic heterocycles. The molecular weight excluding hydrogens is 665 g/mol. The van der Waals surface area contributed by atoms with Gasteiger partial charge in [0.1, 0.15) is 0 Å².